The Labute approximate surface area is 291 Å². The molecule has 2 aromatic heterocycles. The summed E-state index contributed by atoms with van der Waals surface area (Å²) < 4.78 is 2.16. The summed E-state index contributed by atoms with van der Waals surface area (Å²) in [7, 11) is 0. The van der Waals surface area contributed by atoms with Crippen LogP contribution in [0.2, 0.25) is 0 Å². The first-order valence-corrected chi connectivity index (χ1v) is 16.9. The van der Waals surface area contributed by atoms with Crippen LogP contribution < -0.4 is 0 Å². The summed E-state index contributed by atoms with van der Waals surface area (Å²) in [5.74, 6) is 0.667. The highest BCUT2D eigenvalue weighted by Gasteiger charge is 2.26. The maximum atomic E-state index is 11.3. The summed E-state index contributed by atoms with van der Waals surface area (Å²) in [6.45, 7) is 29.9. The number of rotatable bonds is 4. The summed E-state index contributed by atoms with van der Waals surface area (Å²) in [6.07, 6.45) is 1.87. The number of aromatic hydroxyl groups is 1. The molecule has 248 valence electrons. The van der Waals surface area contributed by atoms with E-state index in [1.165, 1.54) is 16.7 Å². The number of phenols is 1. The molecule has 0 atom stereocenters. The molecule has 0 amide bonds. The average Bonchev–Trinajstić information content (AvgIpc) is 3.43. The summed E-state index contributed by atoms with van der Waals surface area (Å²) in [4.78, 5) is 13.8. The summed E-state index contributed by atoms with van der Waals surface area (Å²) >= 11 is 0. The molecule has 6 aromatic rings. The monoisotopic (exact) mass is 646 g/mol. The minimum Gasteiger partial charge on any atom is -0.507 e. The van der Waals surface area contributed by atoms with E-state index in [0.29, 0.717) is 17.1 Å². The number of aryl methyl sites for hydroxylation is 1. The van der Waals surface area contributed by atoms with E-state index < -0.39 is 0 Å². The second kappa shape index (κ2) is 12.0. The topological polar surface area (TPSA) is 55.3 Å². The molecule has 0 bridgehead atoms. The molecule has 4 aromatic carbocycles. The van der Waals surface area contributed by atoms with E-state index >= 15 is 0 Å². The Bertz CT molecular complexity index is 2230. The number of nitrogens with zero attached hydrogens (tertiary/aromatic N) is 4. The molecule has 1 N–H and O–H groups in total. The van der Waals surface area contributed by atoms with Gasteiger partial charge in [-0.05, 0) is 106 Å². The smallest absolute Gasteiger partial charge is 0.188 e. The van der Waals surface area contributed by atoms with Gasteiger partial charge in [-0.25, -0.2) is 9.83 Å². The first-order valence-electron chi connectivity index (χ1n) is 16.9. The molecule has 49 heavy (non-hydrogen) atoms. The van der Waals surface area contributed by atoms with Gasteiger partial charge < -0.3 is 5.11 Å². The predicted molar refractivity (Wildman–Crippen MR) is 204 cm³/mol. The minimum absolute atomic E-state index is 0.0797. The Balaban J connectivity index is 1.72. The van der Waals surface area contributed by atoms with E-state index in [-0.39, 0.29) is 22.0 Å². The number of fused-ring (bicyclic) bond motifs is 1. The third-order valence-electron chi connectivity index (χ3n) is 9.26. The fraction of sp³-hybridized carbons (Fsp3) is 0.295. The third kappa shape index (κ3) is 6.61. The number of aromatic nitrogens is 3. The fourth-order valence-corrected chi connectivity index (χ4v) is 6.21. The van der Waals surface area contributed by atoms with Crippen LogP contribution in [0, 0.1) is 13.5 Å². The van der Waals surface area contributed by atoms with Gasteiger partial charge in [-0.15, -0.1) is 0 Å². The van der Waals surface area contributed by atoms with Gasteiger partial charge in [-0.3, -0.25) is 9.55 Å². The van der Waals surface area contributed by atoms with Crippen molar-refractivity contribution in [2.75, 3.05) is 0 Å². The number of pyridine rings is 1. The number of para-hydroxylation sites is 1. The molecule has 0 spiro atoms. The normalized spacial score (nSPS) is 12.3. The SMILES string of the molecule is [C-]#[N+]c1ccc(O)c(-c2nc3c(-c4cc(-c5cc(C)ccn5)cc(C(C)(C)C)c4)cccc3n2-c2cc(C(C)(C)C)cc(C(C)(C)C)c2)c1. The molecule has 0 unspecified atom stereocenters. The minimum atomic E-state index is -0.101. The van der Waals surface area contributed by atoms with Gasteiger partial charge in [0.15, 0.2) is 5.69 Å². The second-order valence-corrected chi connectivity index (χ2v) is 16.3. The fourth-order valence-electron chi connectivity index (χ4n) is 6.21. The highest BCUT2D eigenvalue weighted by molar-refractivity contribution is 5.97. The Kier molecular flexibility index (Phi) is 8.27. The van der Waals surface area contributed by atoms with E-state index in [0.717, 1.165) is 44.7 Å². The lowest BCUT2D eigenvalue weighted by Crippen LogP contribution is -2.17. The van der Waals surface area contributed by atoms with Crippen LogP contribution in [-0.2, 0) is 16.2 Å². The van der Waals surface area contributed by atoms with Crippen molar-refractivity contribution < 1.29 is 5.11 Å². The van der Waals surface area contributed by atoms with Crippen LogP contribution >= 0.6 is 0 Å². The lowest BCUT2D eigenvalue weighted by atomic mass is 9.80. The summed E-state index contributed by atoms with van der Waals surface area (Å²) in [6, 6.07) is 28.9. The van der Waals surface area contributed by atoms with E-state index in [1.807, 2.05) is 12.3 Å². The molecule has 0 aliphatic heterocycles. The Hall–Kier alpha value is -5.21. The van der Waals surface area contributed by atoms with Gasteiger partial charge in [0.1, 0.15) is 11.6 Å². The molecular weight excluding hydrogens is 601 g/mol. The second-order valence-electron chi connectivity index (χ2n) is 16.3. The van der Waals surface area contributed by atoms with Crippen molar-refractivity contribution in [2.24, 2.45) is 0 Å². The Morgan fingerprint density at radius 2 is 1.31 bits per heavy atom. The highest BCUT2D eigenvalue weighted by atomic mass is 16.3. The lowest BCUT2D eigenvalue weighted by molar-refractivity contribution is 0.477. The van der Waals surface area contributed by atoms with Crippen molar-refractivity contribution >= 4 is 16.7 Å². The first kappa shape index (κ1) is 33.7. The van der Waals surface area contributed by atoms with Crippen molar-refractivity contribution in [3.8, 4) is 45.2 Å². The average molecular weight is 647 g/mol. The zero-order chi connectivity index (χ0) is 35.5. The number of phenolic OH excluding ortho intramolecular Hbond substituents is 1. The molecule has 2 heterocycles. The largest absolute Gasteiger partial charge is 0.507 e. The molecule has 0 saturated carbocycles. The van der Waals surface area contributed by atoms with Crippen LogP contribution in [-0.4, -0.2) is 19.6 Å². The van der Waals surface area contributed by atoms with Crippen molar-refractivity contribution in [3.05, 3.63) is 125 Å². The number of benzene rings is 4. The Morgan fingerprint density at radius 3 is 1.92 bits per heavy atom. The predicted octanol–water partition coefficient (Wildman–Crippen LogP) is 11.9. The standard InChI is InChI=1S/C44H46N4O/c1-27-17-18-46-37(19-27)29-20-28(21-30(22-29)42(2,3)4)35-13-12-14-38-40(35)47-41(36-26-33(45-11)15-16-39(36)49)48(38)34-24-31(43(5,6)7)23-32(25-34)44(8,9)10/h12-26,49H,1-10H3. The lowest BCUT2D eigenvalue weighted by Gasteiger charge is -2.27. The van der Waals surface area contributed by atoms with Crippen LogP contribution in [0.25, 0.3) is 55.3 Å². The molecular formula is C44H46N4O. The van der Waals surface area contributed by atoms with E-state index in [4.69, 9.17) is 16.5 Å². The Morgan fingerprint density at radius 1 is 0.673 bits per heavy atom. The van der Waals surface area contributed by atoms with Crippen LogP contribution in [0.1, 0.15) is 84.6 Å². The van der Waals surface area contributed by atoms with Crippen LogP contribution in [0.4, 0.5) is 5.69 Å². The summed E-state index contributed by atoms with van der Waals surface area (Å²) in [5, 5.41) is 11.3. The van der Waals surface area contributed by atoms with Gasteiger partial charge in [0, 0.05) is 28.6 Å². The van der Waals surface area contributed by atoms with Gasteiger partial charge >= 0.3 is 0 Å². The zero-order valence-electron chi connectivity index (χ0n) is 30.4. The van der Waals surface area contributed by atoms with Gasteiger partial charge in [0.25, 0.3) is 0 Å². The third-order valence-corrected chi connectivity index (χ3v) is 9.26. The van der Waals surface area contributed by atoms with Gasteiger partial charge in [-0.2, -0.15) is 0 Å². The van der Waals surface area contributed by atoms with Crippen molar-refractivity contribution in [1.29, 1.82) is 0 Å². The first-order chi connectivity index (χ1) is 22.9. The van der Waals surface area contributed by atoms with Gasteiger partial charge in [0.05, 0.1) is 23.3 Å². The van der Waals surface area contributed by atoms with Crippen molar-refractivity contribution in [3.63, 3.8) is 0 Å². The molecule has 0 aliphatic rings. The van der Waals surface area contributed by atoms with E-state index in [9.17, 15) is 5.11 Å². The van der Waals surface area contributed by atoms with E-state index in [1.54, 1.807) is 18.2 Å². The molecule has 0 fully saturated rings. The van der Waals surface area contributed by atoms with Crippen molar-refractivity contribution in [1.82, 2.24) is 14.5 Å². The van der Waals surface area contributed by atoms with Gasteiger partial charge in [0.2, 0.25) is 0 Å². The molecule has 0 radical (unpaired) electrons. The summed E-state index contributed by atoms with van der Waals surface area (Å²) in [5.41, 5.74) is 12.2. The van der Waals surface area contributed by atoms with Crippen LogP contribution in [0.5, 0.6) is 5.75 Å². The maximum Gasteiger partial charge on any atom is 0.188 e. The van der Waals surface area contributed by atoms with Crippen molar-refractivity contribution in [2.45, 2.75) is 85.5 Å². The van der Waals surface area contributed by atoms with Crippen LogP contribution in [0.3, 0.4) is 0 Å². The molecule has 0 aliphatic carbocycles. The number of imidazole rings is 1. The molecule has 6 rings (SSSR count). The van der Waals surface area contributed by atoms with Gasteiger partial charge in [-0.1, -0.05) is 92.6 Å². The number of hydrogen-bond donors (Lipinski definition) is 1. The van der Waals surface area contributed by atoms with Crippen LogP contribution in [0.15, 0.2) is 91.1 Å². The highest BCUT2D eigenvalue weighted by Crippen LogP contribution is 2.42. The molecule has 5 heteroatoms. The maximum absolute atomic E-state index is 11.3. The van der Waals surface area contributed by atoms with E-state index in [2.05, 4.69) is 139 Å². The number of hydrogen-bond acceptors (Lipinski definition) is 3. The molecule has 5 nitrogen and oxygen atoms in total. The quantitative estimate of drug-likeness (QED) is 0.194. The molecule has 0 saturated heterocycles. The zero-order valence-corrected chi connectivity index (χ0v) is 30.4.